The van der Waals surface area contributed by atoms with Crippen molar-refractivity contribution in [2.75, 3.05) is 20.3 Å². The van der Waals surface area contributed by atoms with Crippen molar-refractivity contribution < 1.29 is 4.74 Å². The molecule has 0 aliphatic carbocycles. The fourth-order valence-electron chi connectivity index (χ4n) is 1.28. The van der Waals surface area contributed by atoms with Crippen molar-refractivity contribution in [1.82, 2.24) is 20.3 Å². The van der Waals surface area contributed by atoms with Gasteiger partial charge in [-0.1, -0.05) is 12.1 Å². The van der Waals surface area contributed by atoms with Crippen LogP contribution in [0.1, 0.15) is 18.7 Å². The molecule has 5 nitrogen and oxygen atoms in total. The maximum Gasteiger partial charge on any atom is 0.0776 e. The van der Waals surface area contributed by atoms with Crippen molar-refractivity contribution in [2.45, 2.75) is 13.0 Å². The van der Waals surface area contributed by atoms with Crippen LogP contribution in [0.4, 0.5) is 0 Å². The first-order valence-corrected chi connectivity index (χ1v) is 4.36. The van der Waals surface area contributed by atoms with Gasteiger partial charge in [-0.15, -0.1) is 5.10 Å². The topological polar surface area (TPSA) is 52.0 Å². The zero-order valence-electron chi connectivity index (χ0n) is 8.32. The molecule has 0 amide bonds. The lowest BCUT2D eigenvalue weighted by molar-refractivity contribution is 0.164. The lowest BCUT2D eigenvalue weighted by atomic mass is 10.2. The SMILES string of the molecule is CCNC(COC)c1cnnn1C. The van der Waals surface area contributed by atoms with Gasteiger partial charge >= 0.3 is 0 Å². The van der Waals surface area contributed by atoms with Gasteiger partial charge < -0.3 is 10.1 Å². The molecule has 1 rings (SSSR count). The molecular formula is C8H16N4O. The minimum atomic E-state index is 0.176. The average Bonchev–Trinajstić information content (AvgIpc) is 2.51. The van der Waals surface area contributed by atoms with Crippen LogP contribution in [0.3, 0.4) is 0 Å². The van der Waals surface area contributed by atoms with Gasteiger partial charge in [0.2, 0.25) is 0 Å². The van der Waals surface area contributed by atoms with E-state index in [1.165, 1.54) is 0 Å². The van der Waals surface area contributed by atoms with E-state index in [4.69, 9.17) is 4.74 Å². The lowest BCUT2D eigenvalue weighted by Gasteiger charge is -2.15. The summed E-state index contributed by atoms with van der Waals surface area (Å²) in [5, 5.41) is 11.0. The number of rotatable bonds is 5. The Labute approximate surface area is 78.1 Å². The molecule has 1 N–H and O–H groups in total. The molecule has 0 saturated heterocycles. The Kier molecular flexibility index (Phi) is 3.85. The number of hydrogen-bond acceptors (Lipinski definition) is 4. The van der Waals surface area contributed by atoms with E-state index in [9.17, 15) is 0 Å². The molecule has 1 aromatic rings. The molecule has 1 heterocycles. The van der Waals surface area contributed by atoms with E-state index < -0.39 is 0 Å². The van der Waals surface area contributed by atoms with Gasteiger partial charge in [0.1, 0.15) is 0 Å². The Morgan fingerprint density at radius 1 is 1.69 bits per heavy atom. The van der Waals surface area contributed by atoms with Crippen LogP contribution in [0.5, 0.6) is 0 Å². The average molecular weight is 184 g/mol. The molecule has 5 heteroatoms. The molecular weight excluding hydrogens is 168 g/mol. The summed E-state index contributed by atoms with van der Waals surface area (Å²) in [4.78, 5) is 0. The second-order valence-corrected chi connectivity index (χ2v) is 2.85. The fraction of sp³-hybridized carbons (Fsp3) is 0.750. The van der Waals surface area contributed by atoms with Crippen LogP contribution in [0.2, 0.25) is 0 Å². The van der Waals surface area contributed by atoms with Crippen LogP contribution in [0.15, 0.2) is 6.20 Å². The first kappa shape index (κ1) is 10.1. The number of hydrogen-bond donors (Lipinski definition) is 1. The van der Waals surface area contributed by atoms with Crippen LogP contribution in [0.25, 0.3) is 0 Å². The summed E-state index contributed by atoms with van der Waals surface area (Å²) in [6.07, 6.45) is 1.76. The third-order valence-corrected chi connectivity index (χ3v) is 1.89. The van der Waals surface area contributed by atoms with Gasteiger partial charge in [-0.05, 0) is 6.54 Å². The molecule has 13 heavy (non-hydrogen) atoms. The summed E-state index contributed by atoms with van der Waals surface area (Å²) in [6.45, 7) is 3.60. The number of nitrogens with one attached hydrogen (secondary N) is 1. The maximum absolute atomic E-state index is 5.10. The third-order valence-electron chi connectivity index (χ3n) is 1.89. The number of ether oxygens (including phenoxy) is 1. The molecule has 0 fully saturated rings. The van der Waals surface area contributed by atoms with Gasteiger partial charge in [-0.2, -0.15) is 0 Å². The van der Waals surface area contributed by atoms with E-state index in [1.54, 1.807) is 18.0 Å². The van der Waals surface area contributed by atoms with Crippen LogP contribution in [-0.2, 0) is 11.8 Å². The molecule has 0 aromatic carbocycles. The highest BCUT2D eigenvalue weighted by molar-refractivity contribution is 5.01. The van der Waals surface area contributed by atoms with Crippen LogP contribution >= 0.6 is 0 Å². The molecule has 0 radical (unpaired) electrons. The molecule has 1 aromatic heterocycles. The summed E-state index contributed by atoms with van der Waals surface area (Å²) in [6, 6.07) is 0.176. The van der Waals surface area contributed by atoms with E-state index in [-0.39, 0.29) is 6.04 Å². The summed E-state index contributed by atoms with van der Waals surface area (Å²) in [5.74, 6) is 0. The molecule has 0 saturated carbocycles. The highest BCUT2D eigenvalue weighted by Crippen LogP contribution is 2.09. The van der Waals surface area contributed by atoms with Crippen LogP contribution in [-0.4, -0.2) is 35.3 Å². The predicted molar refractivity (Wildman–Crippen MR) is 49.3 cm³/mol. The van der Waals surface area contributed by atoms with Crippen molar-refractivity contribution in [3.05, 3.63) is 11.9 Å². The van der Waals surface area contributed by atoms with Crippen molar-refractivity contribution >= 4 is 0 Å². The Bertz CT molecular complexity index is 242. The fourth-order valence-corrected chi connectivity index (χ4v) is 1.28. The zero-order chi connectivity index (χ0) is 9.68. The minimum absolute atomic E-state index is 0.176. The van der Waals surface area contributed by atoms with E-state index in [0.717, 1.165) is 12.2 Å². The smallest absolute Gasteiger partial charge is 0.0776 e. The van der Waals surface area contributed by atoms with Crippen molar-refractivity contribution in [3.8, 4) is 0 Å². The lowest BCUT2D eigenvalue weighted by Crippen LogP contribution is -2.26. The van der Waals surface area contributed by atoms with Crippen molar-refractivity contribution in [3.63, 3.8) is 0 Å². The van der Waals surface area contributed by atoms with Crippen LogP contribution in [0, 0.1) is 0 Å². The first-order valence-electron chi connectivity index (χ1n) is 4.36. The molecule has 0 aliphatic rings. The van der Waals surface area contributed by atoms with Gasteiger partial charge in [-0.25, -0.2) is 0 Å². The van der Waals surface area contributed by atoms with Gasteiger partial charge in [0.15, 0.2) is 0 Å². The second-order valence-electron chi connectivity index (χ2n) is 2.85. The maximum atomic E-state index is 5.10. The summed E-state index contributed by atoms with van der Waals surface area (Å²) in [7, 11) is 3.57. The minimum Gasteiger partial charge on any atom is -0.383 e. The van der Waals surface area contributed by atoms with Gasteiger partial charge in [0.05, 0.1) is 24.5 Å². The molecule has 0 bridgehead atoms. The van der Waals surface area contributed by atoms with Gasteiger partial charge in [0, 0.05) is 14.2 Å². The Morgan fingerprint density at radius 2 is 2.46 bits per heavy atom. The number of aromatic nitrogens is 3. The molecule has 74 valence electrons. The Morgan fingerprint density at radius 3 is 2.92 bits per heavy atom. The quantitative estimate of drug-likeness (QED) is 0.705. The van der Waals surface area contributed by atoms with E-state index in [2.05, 4.69) is 22.6 Å². The van der Waals surface area contributed by atoms with Crippen molar-refractivity contribution in [2.24, 2.45) is 7.05 Å². The summed E-state index contributed by atoms with van der Waals surface area (Å²) >= 11 is 0. The Balaban J connectivity index is 2.69. The molecule has 1 unspecified atom stereocenters. The summed E-state index contributed by atoms with van der Waals surface area (Å²) < 4.78 is 6.86. The van der Waals surface area contributed by atoms with Gasteiger partial charge in [0.25, 0.3) is 0 Å². The van der Waals surface area contributed by atoms with E-state index in [0.29, 0.717) is 6.61 Å². The second kappa shape index (κ2) is 4.94. The van der Waals surface area contributed by atoms with Crippen molar-refractivity contribution in [1.29, 1.82) is 0 Å². The standard InChI is InChI=1S/C8H16N4O/c1-4-9-7(6-13-3)8-5-10-11-12(8)2/h5,7,9H,4,6H2,1-3H3. The Hall–Kier alpha value is -0.940. The highest BCUT2D eigenvalue weighted by atomic mass is 16.5. The number of aryl methyl sites for hydroxylation is 1. The third kappa shape index (κ3) is 2.50. The highest BCUT2D eigenvalue weighted by Gasteiger charge is 2.13. The molecule has 0 aliphatic heterocycles. The van der Waals surface area contributed by atoms with E-state index in [1.807, 2.05) is 7.05 Å². The number of nitrogens with zero attached hydrogens (tertiary/aromatic N) is 3. The largest absolute Gasteiger partial charge is 0.383 e. The normalized spacial score (nSPS) is 13.2. The monoisotopic (exact) mass is 184 g/mol. The molecule has 0 spiro atoms. The van der Waals surface area contributed by atoms with E-state index >= 15 is 0 Å². The molecule has 1 atom stereocenters. The van der Waals surface area contributed by atoms with Gasteiger partial charge in [-0.3, -0.25) is 4.68 Å². The first-order chi connectivity index (χ1) is 6.29. The van der Waals surface area contributed by atoms with Crippen LogP contribution < -0.4 is 5.32 Å². The number of methoxy groups -OCH3 is 1. The zero-order valence-corrected chi connectivity index (χ0v) is 8.32. The predicted octanol–water partition coefficient (Wildman–Crippen LogP) is 0.112. The summed E-state index contributed by atoms with van der Waals surface area (Å²) in [5.41, 5.74) is 1.05. The number of likely N-dealkylation sites (N-methyl/N-ethyl adjacent to an activating group) is 1.